The number of benzene rings is 1. The van der Waals surface area contributed by atoms with Gasteiger partial charge in [-0.15, -0.1) is 0 Å². The van der Waals surface area contributed by atoms with Crippen molar-refractivity contribution >= 4 is 11.6 Å². The molecule has 0 aliphatic carbocycles. The number of nitrogen functional groups attached to an aromatic ring is 1. The van der Waals surface area contributed by atoms with E-state index in [1.165, 1.54) is 6.07 Å². The number of hydrazine groups is 1. The first-order chi connectivity index (χ1) is 6.56. The number of phenols is 1. The monoisotopic (exact) mass is 197 g/mol. The Morgan fingerprint density at radius 3 is 2.71 bits per heavy atom. The SMILES string of the molecule is NNC(=O)c1ccc(O)c([N+](=O)[O-])c1. The lowest BCUT2D eigenvalue weighted by Gasteiger charge is -2.00. The number of nitrogens with zero attached hydrogens (tertiary/aromatic N) is 1. The van der Waals surface area contributed by atoms with E-state index in [-0.39, 0.29) is 5.56 Å². The summed E-state index contributed by atoms with van der Waals surface area (Å²) in [5.74, 6) is 3.68. The minimum absolute atomic E-state index is 0.0111. The van der Waals surface area contributed by atoms with E-state index >= 15 is 0 Å². The molecule has 1 aromatic rings. The normalized spacial score (nSPS) is 9.50. The van der Waals surface area contributed by atoms with Crippen LogP contribution in [0.25, 0.3) is 0 Å². The van der Waals surface area contributed by atoms with E-state index < -0.39 is 22.3 Å². The van der Waals surface area contributed by atoms with Crippen LogP contribution in [0, 0.1) is 10.1 Å². The van der Waals surface area contributed by atoms with Crippen molar-refractivity contribution in [1.29, 1.82) is 0 Å². The van der Waals surface area contributed by atoms with Gasteiger partial charge in [0.05, 0.1) is 4.92 Å². The van der Waals surface area contributed by atoms with Crippen LogP contribution in [-0.4, -0.2) is 15.9 Å². The lowest BCUT2D eigenvalue weighted by atomic mass is 10.2. The van der Waals surface area contributed by atoms with Crippen molar-refractivity contribution in [3.05, 3.63) is 33.9 Å². The smallest absolute Gasteiger partial charge is 0.311 e. The fraction of sp³-hybridized carbons (Fsp3) is 0. The number of rotatable bonds is 2. The fourth-order valence-corrected chi connectivity index (χ4v) is 0.894. The second kappa shape index (κ2) is 3.71. The predicted octanol–water partition coefficient (Wildman–Crippen LogP) is -0.0961. The van der Waals surface area contributed by atoms with E-state index in [1.807, 2.05) is 5.43 Å². The van der Waals surface area contributed by atoms with Crippen molar-refractivity contribution in [3.8, 4) is 5.75 Å². The zero-order valence-corrected chi connectivity index (χ0v) is 6.93. The van der Waals surface area contributed by atoms with Gasteiger partial charge in [0, 0.05) is 11.6 Å². The average Bonchev–Trinajstić information content (AvgIpc) is 2.17. The van der Waals surface area contributed by atoms with Gasteiger partial charge in [-0.2, -0.15) is 0 Å². The number of hydrogen-bond acceptors (Lipinski definition) is 5. The molecule has 0 atom stereocenters. The molecule has 7 nitrogen and oxygen atoms in total. The molecule has 0 aromatic heterocycles. The lowest BCUT2D eigenvalue weighted by molar-refractivity contribution is -0.385. The topological polar surface area (TPSA) is 118 Å². The molecule has 0 spiro atoms. The molecule has 4 N–H and O–H groups in total. The predicted molar refractivity (Wildman–Crippen MR) is 46.4 cm³/mol. The second-order valence-electron chi connectivity index (χ2n) is 2.43. The third kappa shape index (κ3) is 1.77. The maximum absolute atomic E-state index is 11.0. The number of phenolic OH excluding ortho intramolecular Hbond substituents is 1. The van der Waals surface area contributed by atoms with E-state index in [2.05, 4.69) is 0 Å². The number of nitro benzene ring substituents is 1. The highest BCUT2D eigenvalue weighted by molar-refractivity contribution is 5.94. The van der Waals surface area contributed by atoms with Gasteiger partial charge in [-0.1, -0.05) is 0 Å². The zero-order valence-electron chi connectivity index (χ0n) is 6.93. The van der Waals surface area contributed by atoms with Gasteiger partial charge < -0.3 is 5.11 Å². The van der Waals surface area contributed by atoms with Crippen molar-refractivity contribution in [2.45, 2.75) is 0 Å². The molecular weight excluding hydrogens is 190 g/mol. The summed E-state index contributed by atoms with van der Waals surface area (Å²) in [5, 5.41) is 19.4. The Morgan fingerprint density at radius 2 is 2.21 bits per heavy atom. The Morgan fingerprint density at radius 1 is 1.57 bits per heavy atom. The maximum atomic E-state index is 11.0. The highest BCUT2D eigenvalue weighted by atomic mass is 16.6. The van der Waals surface area contributed by atoms with E-state index in [9.17, 15) is 14.9 Å². The Kier molecular flexibility index (Phi) is 2.63. The quantitative estimate of drug-likeness (QED) is 0.265. The van der Waals surface area contributed by atoms with E-state index in [0.717, 1.165) is 12.1 Å². The highest BCUT2D eigenvalue weighted by Gasteiger charge is 2.16. The van der Waals surface area contributed by atoms with Gasteiger partial charge in [0.2, 0.25) is 0 Å². The van der Waals surface area contributed by atoms with Crippen LogP contribution in [0.4, 0.5) is 5.69 Å². The lowest BCUT2D eigenvalue weighted by Crippen LogP contribution is -2.29. The molecule has 0 heterocycles. The highest BCUT2D eigenvalue weighted by Crippen LogP contribution is 2.25. The maximum Gasteiger partial charge on any atom is 0.311 e. The van der Waals surface area contributed by atoms with Gasteiger partial charge in [0.25, 0.3) is 5.91 Å². The first kappa shape index (κ1) is 9.93. The summed E-state index contributed by atoms with van der Waals surface area (Å²) < 4.78 is 0. The summed E-state index contributed by atoms with van der Waals surface area (Å²) >= 11 is 0. The molecule has 0 saturated heterocycles. The Balaban J connectivity index is 3.19. The van der Waals surface area contributed by atoms with Crippen LogP contribution in [0.5, 0.6) is 5.75 Å². The number of carbonyl (C=O) groups excluding carboxylic acids is 1. The number of nitrogens with two attached hydrogens (primary N) is 1. The van der Waals surface area contributed by atoms with E-state index in [0.29, 0.717) is 0 Å². The minimum atomic E-state index is -0.789. The third-order valence-electron chi connectivity index (χ3n) is 1.57. The van der Waals surface area contributed by atoms with Crippen molar-refractivity contribution in [2.75, 3.05) is 0 Å². The number of carbonyl (C=O) groups is 1. The molecule has 74 valence electrons. The number of hydrogen-bond donors (Lipinski definition) is 3. The van der Waals surface area contributed by atoms with Crippen molar-refractivity contribution in [2.24, 2.45) is 5.84 Å². The summed E-state index contributed by atoms with van der Waals surface area (Å²) in [4.78, 5) is 20.5. The summed E-state index contributed by atoms with van der Waals surface area (Å²) in [6.07, 6.45) is 0. The first-order valence-corrected chi connectivity index (χ1v) is 3.54. The molecular formula is C7H7N3O4. The summed E-state index contributed by atoms with van der Waals surface area (Å²) in [5.41, 5.74) is 1.30. The van der Waals surface area contributed by atoms with Crippen LogP contribution in [0.1, 0.15) is 10.4 Å². The van der Waals surface area contributed by atoms with Crippen LogP contribution in [0.2, 0.25) is 0 Å². The molecule has 0 aliphatic rings. The van der Waals surface area contributed by atoms with Crippen LogP contribution < -0.4 is 11.3 Å². The molecule has 1 aromatic carbocycles. The molecule has 0 bridgehead atoms. The molecule has 0 aliphatic heterocycles. The minimum Gasteiger partial charge on any atom is -0.502 e. The van der Waals surface area contributed by atoms with Gasteiger partial charge >= 0.3 is 5.69 Å². The Hall–Kier alpha value is -2.15. The van der Waals surface area contributed by atoms with Crippen molar-refractivity contribution in [3.63, 3.8) is 0 Å². The first-order valence-electron chi connectivity index (χ1n) is 3.54. The fourth-order valence-electron chi connectivity index (χ4n) is 0.894. The van der Waals surface area contributed by atoms with Crippen molar-refractivity contribution < 1.29 is 14.8 Å². The summed E-state index contributed by atoms with van der Waals surface area (Å²) in [7, 11) is 0. The Bertz CT molecular complexity index is 391. The molecule has 1 amide bonds. The number of aromatic hydroxyl groups is 1. The standard InChI is InChI=1S/C7H7N3O4/c8-9-7(12)4-1-2-6(11)5(3-4)10(13)14/h1-3,11H,8H2,(H,9,12). The summed E-state index contributed by atoms with van der Waals surface area (Å²) in [6, 6.07) is 3.23. The van der Waals surface area contributed by atoms with Crippen LogP contribution in [0.15, 0.2) is 18.2 Å². The van der Waals surface area contributed by atoms with Crippen LogP contribution in [-0.2, 0) is 0 Å². The third-order valence-corrected chi connectivity index (χ3v) is 1.57. The number of amides is 1. The van der Waals surface area contributed by atoms with E-state index in [1.54, 1.807) is 0 Å². The van der Waals surface area contributed by atoms with Gasteiger partial charge in [-0.05, 0) is 12.1 Å². The second-order valence-corrected chi connectivity index (χ2v) is 2.43. The molecule has 1 rings (SSSR count). The zero-order chi connectivity index (χ0) is 10.7. The van der Waals surface area contributed by atoms with E-state index in [4.69, 9.17) is 10.9 Å². The Labute approximate surface area is 78.3 Å². The molecule has 7 heteroatoms. The van der Waals surface area contributed by atoms with Crippen LogP contribution >= 0.6 is 0 Å². The summed E-state index contributed by atoms with van der Waals surface area (Å²) in [6.45, 7) is 0. The van der Waals surface area contributed by atoms with Gasteiger partial charge in [-0.25, -0.2) is 5.84 Å². The molecule has 14 heavy (non-hydrogen) atoms. The molecule has 0 fully saturated rings. The molecule has 0 unspecified atom stereocenters. The van der Waals surface area contributed by atoms with Gasteiger partial charge in [-0.3, -0.25) is 20.3 Å². The average molecular weight is 197 g/mol. The number of nitrogens with one attached hydrogen (secondary N) is 1. The molecule has 0 saturated carbocycles. The largest absolute Gasteiger partial charge is 0.502 e. The number of nitro groups is 1. The van der Waals surface area contributed by atoms with Crippen LogP contribution in [0.3, 0.4) is 0 Å². The van der Waals surface area contributed by atoms with Gasteiger partial charge in [0.1, 0.15) is 0 Å². The van der Waals surface area contributed by atoms with Gasteiger partial charge in [0.15, 0.2) is 5.75 Å². The van der Waals surface area contributed by atoms with Crippen molar-refractivity contribution in [1.82, 2.24) is 5.43 Å². The molecule has 0 radical (unpaired) electrons.